The normalized spacial score (nSPS) is 11.4. The molecule has 0 aliphatic rings. The first kappa shape index (κ1) is 15.4. The number of rotatable bonds is 6. The molecular weight excluding hydrogens is 262 g/mol. The third kappa shape index (κ3) is 3.35. The van der Waals surface area contributed by atoms with Crippen molar-refractivity contribution >= 4 is 17.0 Å². The van der Waals surface area contributed by atoms with Gasteiger partial charge in [-0.25, -0.2) is 0 Å². The Kier molecular flexibility index (Phi) is 5.20. The van der Waals surface area contributed by atoms with Gasteiger partial charge >= 0.3 is 0 Å². The molecule has 0 radical (unpaired) electrons. The van der Waals surface area contributed by atoms with Gasteiger partial charge in [-0.3, -0.25) is 9.36 Å². The van der Waals surface area contributed by atoms with E-state index in [1.54, 1.807) is 11.7 Å². The fourth-order valence-electron chi connectivity index (χ4n) is 2.55. The van der Waals surface area contributed by atoms with Gasteiger partial charge in [-0.2, -0.15) is 0 Å². The lowest BCUT2D eigenvalue weighted by atomic mass is 10.1. The predicted octanol–water partition coefficient (Wildman–Crippen LogP) is 4.23. The average Bonchev–Trinajstić information content (AvgIpc) is 2.50. The summed E-state index contributed by atoms with van der Waals surface area (Å²) < 4.78 is 7.02. The summed E-state index contributed by atoms with van der Waals surface area (Å²) in [5.74, 6) is 0.783. The molecule has 1 aromatic carbocycles. The monoisotopic (exact) mass is 285 g/mol. The molecule has 0 N–H and O–H groups in total. The van der Waals surface area contributed by atoms with E-state index in [9.17, 15) is 4.79 Å². The van der Waals surface area contributed by atoms with E-state index in [-0.39, 0.29) is 5.56 Å². The lowest BCUT2D eigenvalue weighted by molar-refractivity contribution is 0.415. The number of benzene rings is 1. The van der Waals surface area contributed by atoms with Crippen molar-refractivity contribution < 1.29 is 4.74 Å². The van der Waals surface area contributed by atoms with Crippen LogP contribution in [0.1, 0.15) is 38.8 Å². The molecule has 0 saturated heterocycles. The molecule has 0 amide bonds. The van der Waals surface area contributed by atoms with Crippen LogP contribution in [0, 0.1) is 0 Å². The Morgan fingerprint density at radius 1 is 1.24 bits per heavy atom. The van der Waals surface area contributed by atoms with Gasteiger partial charge in [0.15, 0.2) is 0 Å². The number of nitrogens with zero attached hydrogens (tertiary/aromatic N) is 1. The number of unbranched alkanes of at least 4 members (excludes halogenated alkanes) is 2. The molecule has 0 atom stereocenters. The van der Waals surface area contributed by atoms with Crippen LogP contribution in [-0.4, -0.2) is 11.7 Å². The summed E-state index contributed by atoms with van der Waals surface area (Å²) in [6.07, 6.45) is 8.13. The molecule has 3 heteroatoms. The molecule has 21 heavy (non-hydrogen) atoms. The van der Waals surface area contributed by atoms with E-state index in [2.05, 4.69) is 13.0 Å². The second-order valence-electron chi connectivity index (χ2n) is 5.20. The summed E-state index contributed by atoms with van der Waals surface area (Å²) in [5, 5.41) is 1.68. The minimum atomic E-state index is 0.0414. The van der Waals surface area contributed by atoms with Crippen molar-refractivity contribution in [2.75, 3.05) is 7.11 Å². The van der Waals surface area contributed by atoms with Gasteiger partial charge in [0.25, 0.3) is 5.56 Å². The molecule has 0 spiro atoms. The number of pyridine rings is 1. The average molecular weight is 285 g/mol. The Hall–Kier alpha value is -2.03. The highest BCUT2D eigenvalue weighted by Crippen LogP contribution is 2.20. The van der Waals surface area contributed by atoms with Gasteiger partial charge in [-0.15, -0.1) is 0 Å². The van der Waals surface area contributed by atoms with E-state index < -0.39 is 0 Å². The van der Waals surface area contributed by atoms with Crippen LogP contribution in [0.15, 0.2) is 35.1 Å². The number of aryl methyl sites for hydroxylation is 1. The minimum Gasteiger partial charge on any atom is -0.497 e. The fourth-order valence-corrected chi connectivity index (χ4v) is 2.55. The number of fused-ring (bicyclic) bond motifs is 1. The Morgan fingerprint density at radius 2 is 2.05 bits per heavy atom. The van der Waals surface area contributed by atoms with Gasteiger partial charge in [0, 0.05) is 17.3 Å². The third-order valence-electron chi connectivity index (χ3n) is 3.67. The summed E-state index contributed by atoms with van der Waals surface area (Å²) in [6, 6.07) is 7.71. The van der Waals surface area contributed by atoms with Crippen LogP contribution in [0.5, 0.6) is 5.75 Å². The summed E-state index contributed by atoms with van der Waals surface area (Å²) >= 11 is 0. The lowest BCUT2D eigenvalue weighted by Gasteiger charge is -2.11. The summed E-state index contributed by atoms with van der Waals surface area (Å²) in [7, 11) is 1.64. The van der Waals surface area contributed by atoms with Gasteiger partial charge in [0.1, 0.15) is 5.75 Å². The Labute approximate surface area is 125 Å². The Morgan fingerprint density at radius 3 is 2.71 bits per heavy atom. The Balaban J connectivity index is 2.57. The van der Waals surface area contributed by atoms with Gasteiger partial charge in [-0.05, 0) is 49.4 Å². The summed E-state index contributed by atoms with van der Waals surface area (Å²) in [6.45, 7) is 4.12. The fraction of sp³-hybridized carbons (Fsp3) is 0.389. The highest BCUT2D eigenvalue weighted by atomic mass is 16.5. The molecule has 1 aromatic heterocycles. The highest BCUT2D eigenvalue weighted by Gasteiger charge is 2.08. The predicted molar refractivity (Wildman–Crippen MR) is 89.0 cm³/mol. The summed E-state index contributed by atoms with van der Waals surface area (Å²) in [4.78, 5) is 12.6. The van der Waals surface area contributed by atoms with Crippen molar-refractivity contribution in [3.63, 3.8) is 0 Å². The zero-order chi connectivity index (χ0) is 15.2. The van der Waals surface area contributed by atoms with Crippen molar-refractivity contribution in [1.29, 1.82) is 0 Å². The maximum Gasteiger partial charge on any atom is 0.262 e. The van der Waals surface area contributed by atoms with Crippen LogP contribution in [0.3, 0.4) is 0 Å². The number of allylic oxidation sites excluding steroid dienone is 1. The minimum absolute atomic E-state index is 0.0414. The zero-order valence-electron chi connectivity index (χ0n) is 13.1. The molecule has 2 rings (SSSR count). The SMILES string of the molecule is CC=Cn1c(CCCCC)cc2cc(OC)ccc2c1=O. The number of aromatic nitrogens is 1. The molecule has 1 heterocycles. The maximum absolute atomic E-state index is 12.6. The molecule has 0 saturated carbocycles. The number of ether oxygens (including phenoxy) is 1. The molecule has 3 nitrogen and oxygen atoms in total. The van der Waals surface area contributed by atoms with Gasteiger partial charge < -0.3 is 4.74 Å². The van der Waals surface area contributed by atoms with Crippen LogP contribution >= 0.6 is 0 Å². The largest absolute Gasteiger partial charge is 0.497 e. The van der Waals surface area contributed by atoms with E-state index >= 15 is 0 Å². The van der Waals surface area contributed by atoms with E-state index in [1.165, 1.54) is 12.8 Å². The van der Waals surface area contributed by atoms with Gasteiger partial charge in [-0.1, -0.05) is 25.8 Å². The van der Waals surface area contributed by atoms with Crippen molar-refractivity contribution in [3.05, 3.63) is 46.4 Å². The number of methoxy groups -OCH3 is 1. The molecule has 0 bridgehead atoms. The van der Waals surface area contributed by atoms with Crippen LogP contribution in [-0.2, 0) is 6.42 Å². The van der Waals surface area contributed by atoms with Crippen LogP contribution in [0.2, 0.25) is 0 Å². The van der Waals surface area contributed by atoms with Crippen molar-refractivity contribution in [2.24, 2.45) is 0 Å². The first-order valence-corrected chi connectivity index (χ1v) is 7.56. The molecule has 2 aromatic rings. The second-order valence-corrected chi connectivity index (χ2v) is 5.20. The van der Waals surface area contributed by atoms with Crippen molar-refractivity contribution in [3.8, 4) is 5.75 Å². The first-order chi connectivity index (χ1) is 10.2. The quantitative estimate of drug-likeness (QED) is 0.744. The van der Waals surface area contributed by atoms with Gasteiger partial charge in [0.05, 0.1) is 7.11 Å². The van der Waals surface area contributed by atoms with E-state index in [1.807, 2.05) is 37.4 Å². The highest BCUT2D eigenvalue weighted by molar-refractivity contribution is 5.84. The second kappa shape index (κ2) is 7.11. The molecule has 0 fully saturated rings. The summed E-state index contributed by atoms with van der Waals surface area (Å²) in [5.41, 5.74) is 1.10. The smallest absolute Gasteiger partial charge is 0.262 e. The zero-order valence-corrected chi connectivity index (χ0v) is 13.1. The molecule has 0 unspecified atom stereocenters. The topological polar surface area (TPSA) is 31.2 Å². The third-order valence-corrected chi connectivity index (χ3v) is 3.67. The van der Waals surface area contributed by atoms with E-state index in [0.717, 1.165) is 35.1 Å². The van der Waals surface area contributed by atoms with E-state index in [4.69, 9.17) is 4.74 Å². The first-order valence-electron chi connectivity index (χ1n) is 7.56. The van der Waals surface area contributed by atoms with Crippen LogP contribution in [0.4, 0.5) is 0 Å². The van der Waals surface area contributed by atoms with Crippen LogP contribution in [0.25, 0.3) is 17.0 Å². The number of hydrogen-bond donors (Lipinski definition) is 0. The molecular formula is C18H23NO2. The maximum atomic E-state index is 12.6. The van der Waals surface area contributed by atoms with Crippen molar-refractivity contribution in [1.82, 2.24) is 4.57 Å². The molecule has 0 aliphatic carbocycles. The Bertz CT molecular complexity index is 698. The lowest BCUT2D eigenvalue weighted by Crippen LogP contribution is -2.19. The van der Waals surface area contributed by atoms with Crippen LogP contribution < -0.4 is 10.3 Å². The number of hydrogen-bond acceptors (Lipinski definition) is 2. The van der Waals surface area contributed by atoms with Crippen molar-refractivity contribution in [2.45, 2.75) is 39.5 Å². The van der Waals surface area contributed by atoms with Gasteiger partial charge in [0.2, 0.25) is 0 Å². The standard InChI is InChI=1S/C18H23NO2/c1-4-6-7-8-15-12-14-13-16(21-3)9-10-17(14)18(20)19(15)11-5-2/h5,9-13H,4,6-8H2,1-3H3. The molecule has 0 aliphatic heterocycles. The molecule has 112 valence electrons. The van der Waals surface area contributed by atoms with E-state index in [0.29, 0.717) is 0 Å².